The van der Waals surface area contributed by atoms with Crippen molar-refractivity contribution in [3.8, 4) is 0 Å². The Balaban J connectivity index is 1.71. The van der Waals surface area contributed by atoms with Gasteiger partial charge in [0, 0.05) is 19.4 Å². The van der Waals surface area contributed by atoms with Gasteiger partial charge in [0.05, 0.1) is 40.5 Å². The smallest absolute Gasteiger partial charge is 0.462 e. The Morgan fingerprint density at radius 1 is 0.814 bits per heavy atom. The molecule has 14 heteroatoms. The van der Waals surface area contributed by atoms with Crippen LogP contribution in [0.4, 0.5) is 0 Å². The number of ether oxygens (including phenoxy) is 6. The lowest BCUT2D eigenvalue weighted by Crippen LogP contribution is -2.37. The first kappa shape index (κ1) is 53.7. The molecule has 0 saturated carbocycles. The largest absolute Gasteiger partial charge is 0.472 e. The third-order valence-corrected chi connectivity index (χ3v) is 11.5. The zero-order chi connectivity index (χ0) is 43.2. The van der Waals surface area contributed by atoms with Gasteiger partial charge in [-0.25, -0.2) is 4.57 Å². The molecule has 0 radical (unpaired) electrons. The summed E-state index contributed by atoms with van der Waals surface area (Å²) in [5, 5.41) is 0. The SMILES string of the molecule is CCCCCCCCCCCCCCCC(=O)OC[C@@H](COP(=O)(O)OCC[N+](C)(C)C)OC(=O)CCCCCCCC(/C=C/[C@H]1COC(C)(C)O1)OC1CCCCO1. The van der Waals surface area contributed by atoms with E-state index >= 15 is 0 Å². The van der Waals surface area contributed by atoms with Crippen LogP contribution in [0.3, 0.4) is 0 Å². The van der Waals surface area contributed by atoms with Gasteiger partial charge in [-0.1, -0.05) is 122 Å². The molecule has 2 fully saturated rings. The third-order valence-electron chi connectivity index (χ3n) is 10.6. The Labute approximate surface area is 358 Å². The van der Waals surface area contributed by atoms with Crippen LogP contribution in [0.1, 0.15) is 175 Å². The molecule has 13 nitrogen and oxygen atoms in total. The molecule has 2 heterocycles. The van der Waals surface area contributed by atoms with Gasteiger partial charge in [-0.2, -0.15) is 0 Å². The van der Waals surface area contributed by atoms with Gasteiger partial charge in [0.25, 0.3) is 0 Å². The molecule has 2 saturated heterocycles. The molecule has 2 rings (SSSR count). The van der Waals surface area contributed by atoms with Crippen molar-refractivity contribution in [3.05, 3.63) is 12.2 Å². The molecule has 0 aliphatic carbocycles. The Kier molecular flexibility index (Phi) is 28.6. The second kappa shape index (κ2) is 31.4. The van der Waals surface area contributed by atoms with Crippen molar-refractivity contribution in [2.75, 3.05) is 60.7 Å². The maximum Gasteiger partial charge on any atom is 0.472 e. The van der Waals surface area contributed by atoms with E-state index in [0.29, 0.717) is 24.1 Å². The second-order valence-corrected chi connectivity index (χ2v) is 19.4. The van der Waals surface area contributed by atoms with Crippen LogP contribution >= 0.6 is 7.82 Å². The maximum absolute atomic E-state index is 12.9. The third kappa shape index (κ3) is 30.3. The van der Waals surface area contributed by atoms with Crippen molar-refractivity contribution in [1.29, 1.82) is 0 Å². The predicted octanol–water partition coefficient (Wildman–Crippen LogP) is 10.1. The van der Waals surface area contributed by atoms with Gasteiger partial charge in [0.2, 0.25) is 0 Å². The molecular formula is C45H85NO12P+. The fourth-order valence-corrected chi connectivity index (χ4v) is 7.72. The van der Waals surface area contributed by atoms with E-state index in [1.807, 2.05) is 41.1 Å². The topological polar surface area (TPSA) is 145 Å². The molecular weight excluding hydrogens is 777 g/mol. The number of likely N-dealkylation sites (N-methyl/N-ethyl adjacent to an activating group) is 1. The van der Waals surface area contributed by atoms with Crippen molar-refractivity contribution < 1.29 is 61.0 Å². The number of carbonyl (C=O) groups is 2. The van der Waals surface area contributed by atoms with Crippen molar-refractivity contribution in [2.24, 2.45) is 0 Å². The molecule has 0 aromatic rings. The first-order chi connectivity index (χ1) is 28.2. The minimum atomic E-state index is -4.41. The van der Waals surface area contributed by atoms with E-state index in [-0.39, 0.29) is 50.5 Å². The van der Waals surface area contributed by atoms with Crippen molar-refractivity contribution >= 4 is 19.8 Å². The average Bonchev–Trinajstić information content (AvgIpc) is 3.53. The Morgan fingerprint density at radius 2 is 1.41 bits per heavy atom. The fraction of sp³-hybridized carbons (Fsp3) is 0.911. The summed E-state index contributed by atoms with van der Waals surface area (Å²) in [6.07, 6.45) is 27.2. The van der Waals surface area contributed by atoms with Crippen molar-refractivity contribution in [3.63, 3.8) is 0 Å². The monoisotopic (exact) mass is 863 g/mol. The highest BCUT2D eigenvalue weighted by atomic mass is 31.2. The molecule has 0 spiro atoms. The first-order valence-electron chi connectivity index (χ1n) is 23.2. The number of quaternary nitrogens is 1. The molecule has 0 bridgehead atoms. The van der Waals surface area contributed by atoms with E-state index in [1.54, 1.807) is 0 Å². The molecule has 59 heavy (non-hydrogen) atoms. The lowest BCUT2D eigenvalue weighted by molar-refractivity contribution is -0.870. The van der Waals surface area contributed by atoms with Crippen molar-refractivity contribution in [1.82, 2.24) is 0 Å². The first-order valence-corrected chi connectivity index (χ1v) is 24.7. The molecule has 0 aromatic heterocycles. The summed E-state index contributed by atoms with van der Waals surface area (Å²) >= 11 is 0. The van der Waals surface area contributed by atoms with Crippen LogP contribution in [-0.4, -0.2) is 112 Å². The number of hydrogen-bond acceptors (Lipinski definition) is 11. The highest BCUT2D eigenvalue weighted by molar-refractivity contribution is 7.47. The van der Waals surface area contributed by atoms with E-state index in [1.165, 1.54) is 64.2 Å². The van der Waals surface area contributed by atoms with Gasteiger partial charge in [-0.3, -0.25) is 18.6 Å². The zero-order valence-electron chi connectivity index (χ0n) is 38.0. The minimum Gasteiger partial charge on any atom is -0.462 e. The summed E-state index contributed by atoms with van der Waals surface area (Å²) in [4.78, 5) is 35.7. The fourth-order valence-electron chi connectivity index (χ4n) is 6.98. The average molecular weight is 863 g/mol. The number of hydrogen-bond donors (Lipinski definition) is 1. The summed E-state index contributed by atoms with van der Waals surface area (Å²) in [7, 11) is 1.41. The van der Waals surface area contributed by atoms with E-state index in [2.05, 4.69) is 13.0 Å². The summed E-state index contributed by atoms with van der Waals surface area (Å²) in [5.41, 5.74) is 0. The maximum atomic E-state index is 12.9. The van der Waals surface area contributed by atoms with E-state index in [4.69, 9.17) is 37.5 Å². The number of rotatable bonds is 36. The molecule has 2 aliphatic heterocycles. The summed E-state index contributed by atoms with van der Waals surface area (Å²) < 4.78 is 58.2. The summed E-state index contributed by atoms with van der Waals surface area (Å²) in [6, 6.07) is 0. The standard InChI is InChI=1S/C45H84NO12P/c1-7-8-9-10-11-12-13-14-15-16-17-20-23-28-42(47)52-36-41(38-55-59(49,50)54-35-33-46(4,5)6)56-43(48)29-24-21-18-19-22-27-39(57-44-30-25-26-34-51-44)31-32-40-37-53-45(2,3)58-40/h31-32,39-41,44H,7-30,33-38H2,1-6H3/p+1/b32-31+/t39?,40-,41-,44?/m0/s1. The molecule has 3 unspecified atom stereocenters. The van der Waals surface area contributed by atoms with Crippen LogP contribution < -0.4 is 0 Å². The van der Waals surface area contributed by atoms with Gasteiger partial charge >= 0.3 is 19.8 Å². The van der Waals surface area contributed by atoms with E-state index in [9.17, 15) is 19.0 Å². The van der Waals surface area contributed by atoms with E-state index in [0.717, 1.165) is 77.2 Å². The molecule has 0 amide bonds. The van der Waals surface area contributed by atoms with Gasteiger partial charge in [0.1, 0.15) is 25.9 Å². The van der Waals surface area contributed by atoms with Crippen LogP contribution in [0.5, 0.6) is 0 Å². The molecule has 5 atom stereocenters. The minimum absolute atomic E-state index is 0.0124. The van der Waals surface area contributed by atoms with Crippen molar-refractivity contribution in [2.45, 2.75) is 205 Å². The van der Waals surface area contributed by atoms with E-state index < -0.39 is 32.3 Å². The Morgan fingerprint density at radius 3 is 1.97 bits per heavy atom. The lowest BCUT2D eigenvalue weighted by atomic mass is 10.0. The Bertz CT molecular complexity index is 1170. The van der Waals surface area contributed by atoms with Crippen LogP contribution in [0.2, 0.25) is 0 Å². The van der Waals surface area contributed by atoms with Crippen LogP contribution in [0, 0.1) is 0 Å². The van der Waals surface area contributed by atoms with Crippen LogP contribution in [0.15, 0.2) is 12.2 Å². The zero-order valence-corrected chi connectivity index (χ0v) is 38.9. The van der Waals surface area contributed by atoms with Gasteiger partial charge in [-0.05, 0) is 52.4 Å². The Hall–Kier alpha value is -1.41. The number of unbranched alkanes of at least 4 members (excludes halogenated alkanes) is 16. The lowest BCUT2D eigenvalue weighted by Gasteiger charge is -2.26. The normalized spacial score (nSPS) is 20.4. The molecule has 1 N–H and O–H groups in total. The predicted molar refractivity (Wildman–Crippen MR) is 231 cm³/mol. The summed E-state index contributed by atoms with van der Waals surface area (Å²) in [6.45, 7) is 7.13. The van der Waals surface area contributed by atoms with Gasteiger partial charge in [-0.15, -0.1) is 0 Å². The number of phosphoric ester groups is 1. The highest BCUT2D eigenvalue weighted by Gasteiger charge is 2.31. The van der Waals surface area contributed by atoms with Gasteiger partial charge in [0.15, 0.2) is 18.2 Å². The van der Waals surface area contributed by atoms with Crippen LogP contribution in [0.25, 0.3) is 0 Å². The molecule has 2 aliphatic rings. The number of phosphoric acid groups is 1. The number of carbonyl (C=O) groups excluding carboxylic acids is 2. The molecule has 0 aromatic carbocycles. The highest BCUT2D eigenvalue weighted by Crippen LogP contribution is 2.43. The van der Waals surface area contributed by atoms with Crippen LogP contribution in [-0.2, 0) is 51.6 Å². The second-order valence-electron chi connectivity index (χ2n) is 17.9. The van der Waals surface area contributed by atoms with Gasteiger partial charge < -0.3 is 37.8 Å². The summed E-state index contributed by atoms with van der Waals surface area (Å²) in [5.74, 6) is -1.45. The number of nitrogens with zero attached hydrogens (tertiary/aromatic N) is 1. The molecule has 346 valence electrons. The number of esters is 2. The quantitative estimate of drug-likeness (QED) is 0.0210.